The predicted molar refractivity (Wildman–Crippen MR) is 72.0 cm³/mol. The molecule has 3 nitrogen and oxygen atoms in total. The normalized spacial score (nSPS) is 12.5. The van der Waals surface area contributed by atoms with Gasteiger partial charge in [0.2, 0.25) is 0 Å². The minimum atomic E-state index is -0.554. The Morgan fingerprint density at radius 3 is 2.63 bits per heavy atom. The Balaban J connectivity index is 2.17. The Morgan fingerprint density at radius 1 is 0.947 bits per heavy atom. The summed E-state index contributed by atoms with van der Waals surface area (Å²) < 4.78 is 13.8. The molecule has 0 aliphatic rings. The van der Waals surface area contributed by atoms with Crippen molar-refractivity contribution in [2.45, 2.75) is 6.04 Å². The summed E-state index contributed by atoms with van der Waals surface area (Å²) in [7, 11) is 0. The monoisotopic (exact) mass is 253 g/mol. The molecule has 4 heteroatoms. The van der Waals surface area contributed by atoms with Crippen molar-refractivity contribution >= 4 is 10.8 Å². The van der Waals surface area contributed by atoms with Crippen LogP contribution in [0.3, 0.4) is 0 Å². The van der Waals surface area contributed by atoms with Crippen LogP contribution in [0.15, 0.2) is 55.1 Å². The van der Waals surface area contributed by atoms with Crippen LogP contribution < -0.4 is 5.73 Å². The minimum Gasteiger partial charge on any atom is -0.320 e. The molecule has 1 aromatic carbocycles. The summed E-state index contributed by atoms with van der Waals surface area (Å²) in [5, 5.41) is 1.98. The average molecular weight is 253 g/mol. The maximum Gasteiger partial charge on any atom is 0.146 e. The number of rotatable bonds is 2. The summed E-state index contributed by atoms with van der Waals surface area (Å²) in [5.41, 5.74) is 7.41. The van der Waals surface area contributed by atoms with Crippen LogP contribution in [0.2, 0.25) is 0 Å². The van der Waals surface area contributed by atoms with E-state index < -0.39 is 11.9 Å². The molecule has 3 rings (SSSR count). The van der Waals surface area contributed by atoms with Gasteiger partial charge in [0.15, 0.2) is 0 Å². The third-order valence-corrected chi connectivity index (χ3v) is 3.17. The fourth-order valence-corrected chi connectivity index (χ4v) is 2.19. The topological polar surface area (TPSA) is 51.8 Å². The summed E-state index contributed by atoms with van der Waals surface area (Å²) in [6.07, 6.45) is 6.17. The fraction of sp³-hybridized carbons (Fsp3) is 0.0667. The van der Waals surface area contributed by atoms with Crippen molar-refractivity contribution in [1.29, 1.82) is 0 Å². The van der Waals surface area contributed by atoms with Gasteiger partial charge in [0, 0.05) is 29.5 Å². The average Bonchev–Trinajstić information content (AvgIpc) is 2.46. The Kier molecular flexibility index (Phi) is 2.93. The van der Waals surface area contributed by atoms with Gasteiger partial charge in [-0.25, -0.2) is 4.39 Å². The lowest BCUT2D eigenvalue weighted by Gasteiger charge is -2.15. The molecule has 19 heavy (non-hydrogen) atoms. The van der Waals surface area contributed by atoms with Gasteiger partial charge in [-0.3, -0.25) is 9.97 Å². The molecule has 2 aromatic heterocycles. The van der Waals surface area contributed by atoms with E-state index in [1.54, 1.807) is 18.5 Å². The molecule has 0 fully saturated rings. The van der Waals surface area contributed by atoms with Crippen LogP contribution in [0.1, 0.15) is 17.2 Å². The summed E-state index contributed by atoms with van der Waals surface area (Å²) in [6, 6.07) is 8.84. The predicted octanol–water partition coefficient (Wildman–Crippen LogP) is 2.82. The number of nitrogens with two attached hydrogens (primary N) is 1. The number of nitrogens with zero attached hydrogens (tertiary/aromatic N) is 2. The van der Waals surface area contributed by atoms with Crippen molar-refractivity contribution < 1.29 is 4.39 Å². The van der Waals surface area contributed by atoms with Crippen LogP contribution in [0, 0.1) is 5.82 Å². The highest BCUT2D eigenvalue weighted by Gasteiger charge is 2.16. The SMILES string of the molecule is NC(c1ccncc1F)c1cncc2ccccc12. The van der Waals surface area contributed by atoms with E-state index in [2.05, 4.69) is 9.97 Å². The van der Waals surface area contributed by atoms with Gasteiger partial charge in [-0.2, -0.15) is 0 Å². The van der Waals surface area contributed by atoms with E-state index in [4.69, 9.17) is 5.73 Å². The first-order valence-corrected chi connectivity index (χ1v) is 5.95. The number of fused-ring (bicyclic) bond motifs is 1. The molecule has 2 N–H and O–H groups in total. The van der Waals surface area contributed by atoms with E-state index in [-0.39, 0.29) is 0 Å². The molecule has 0 saturated heterocycles. The van der Waals surface area contributed by atoms with Gasteiger partial charge >= 0.3 is 0 Å². The minimum absolute atomic E-state index is 0.400. The second kappa shape index (κ2) is 4.74. The zero-order valence-electron chi connectivity index (χ0n) is 10.1. The molecular formula is C15H12FN3. The summed E-state index contributed by atoms with van der Waals surface area (Å²) in [5.74, 6) is -0.400. The maximum absolute atomic E-state index is 13.8. The fourth-order valence-electron chi connectivity index (χ4n) is 2.19. The molecule has 0 aliphatic heterocycles. The Hall–Kier alpha value is -2.33. The Bertz CT molecular complexity index is 722. The highest BCUT2D eigenvalue weighted by Crippen LogP contribution is 2.27. The van der Waals surface area contributed by atoms with Crippen LogP contribution in [0.5, 0.6) is 0 Å². The largest absolute Gasteiger partial charge is 0.320 e. The zero-order valence-corrected chi connectivity index (χ0v) is 10.1. The molecule has 1 unspecified atom stereocenters. The van der Waals surface area contributed by atoms with Crippen LogP contribution in [-0.4, -0.2) is 9.97 Å². The molecule has 0 saturated carbocycles. The lowest BCUT2D eigenvalue weighted by molar-refractivity contribution is 0.593. The summed E-state index contributed by atoms with van der Waals surface area (Å²) in [6.45, 7) is 0. The second-order valence-corrected chi connectivity index (χ2v) is 4.32. The molecule has 94 valence electrons. The number of hydrogen-bond acceptors (Lipinski definition) is 3. The summed E-state index contributed by atoms with van der Waals surface area (Å²) in [4.78, 5) is 7.91. The van der Waals surface area contributed by atoms with Crippen LogP contribution >= 0.6 is 0 Å². The molecule has 0 amide bonds. The molecule has 2 heterocycles. The van der Waals surface area contributed by atoms with Gasteiger partial charge in [-0.15, -0.1) is 0 Å². The van der Waals surface area contributed by atoms with Gasteiger partial charge in [-0.05, 0) is 17.0 Å². The van der Waals surface area contributed by atoms with Crippen molar-refractivity contribution in [3.05, 3.63) is 72.1 Å². The van der Waals surface area contributed by atoms with E-state index >= 15 is 0 Å². The number of pyridine rings is 2. The first kappa shape index (κ1) is 11.7. The first-order valence-electron chi connectivity index (χ1n) is 5.95. The third kappa shape index (κ3) is 2.06. The zero-order chi connectivity index (χ0) is 13.2. The van der Waals surface area contributed by atoms with Gasteiger partial charge in [0.25, 0.3) is 0 Å². The third-order valence-electron chi connectivity index (χ3n) is 3.17. The van der Waals surface area contributed by atoms with Crippen LogP contribution in [-0.2, 0) is 0 Å². The van der Waals surface area contributed by atoms with Gasteiger partial charge in [-0.1, -0.05) is 24.3 Å². The molecule has 0 aliphatic carbocycles. The molecule has 0 bridgehead atoms. The van der Waals surface area contributed by atoms with Crippen LogP contribution in [0.25, 0.3) is 10.8 Å². The van der Waals surface area contributed by atoms with Crippen LogP contribution in [0.4, 0.5) is 4.39 Å². The highest BCUT2D eigenvalue weighted by atomic mass is 19.1. The second-order valence-electron chi connectivity index (χ2n) is 4.32. The van der Waals surface area contributed by atoms with Gasteiger partial charge < -0.3 is 5.73 Å². The molecular weight excluding hydrogens is 241 g/mol. The standard InChI is InChI=1S/C15H12FN3/c16-14-9-18-6-5-12(14)15(17)13-8-19-7-10-3-1-2-4-11(10)13/h1-9,15H,17H2. The van der Waals surface area contributed by atoms with Crippen molar-refractivity contribution in [1.82, 2.24) is 9.97 Å². The smallest absolute Gasteiger partial charge is 0.146 e. The molecule has 1 atom stereocenters. The number of halogens is 1. The van der Waals surface area contributed by atoms with Crippen molar-refractivity contribution in [2.75, 3.05) is 0 Å². The molecule has 0 spiro atoms. The lowest BCUT2D eigenvalue weighted by Crippen LogP contribution is -2.14. The number of aromatic nitrogens is 2. The first-order chi connectivity index (χ1) is 9.27. The van der Waals surface area contributed by atoms with Crippen molar-refractivity contribution in [3.63, 3.8) is 0 Å². The number of benzene rings is 1. The quantitative estimate of drug-likeness (QED) is 0.764. The van der Waals surface area contributed by atoms with Crippen molar-refractivity contribution in [2.24, 2.45) is 5.73 Å². The van der Waals surface area contributed by atoms with Crippen molar-refractivity contribution in [3.8, 4) is 0 Å². The Labute approximate surface area is 109 Å². The Morgan fingerprint density at radius 2 is 1.79 bits per heavy atom. The van der Waals surface area contributed by atoms with E-state index in [1.807, 2.05) is 24.3 Å². The van der Waals surface area contributed by atoms with Gasteiger partial charge in [0.1, 0.15) is 5.82 Å². The number of hydrogen-bond donors (Lipinski definition) is 1. The van der Waals surface area contributed by atoms with Gasteiger partial charge in [0.05, 0.1) is 12.2 Å². The van der Waals surface area contributed by atoms with E-state index in [0.29, 0.717) is 5.56 Å². The molecule has 3 aromatic rings. The van der Waals surface area contributed by atoms with E-state index in [1.165, 1.54) is 12.4 Å². The highest BCUT2D eigenvalue weighted by molar-refractivity contribution is 5.85. The maximum atomic E-state index is 13.8. The van der Waals surface area contributed by atoms with E-state index in [0.717, 1.165) is 16.3 Å². The molecule has 0 radical (unpaired) electrons. The van der Waals surface area contributed by atoms with E-state index in [9.17, 15) is 4.39 Å². The summed E-state index contributed by atoms with van der Waals surface area (Å²) >= 11 is 0. The lowest BCUT2D eigenvalue weighted by atomic mass is 9.97.